The van der Waals surface area contributed by atoms with Gasteiger partial charge in [-0.3, -0.25) is 4.79 Å². The van der Waals surface area contributed by atoms with Crippen molar-refractivity contribution < 1.29 is 24.0 Å². The van der Waals surface area contributed by atoms with Crippen molar-refractivity contribution in [3.63, 3.8) is 0 Å². The molecule has 0 saturated carbocycles. The van der Waals surface area contributed by atoms with Gasteiger partial charge in [-0.05, 0) is 48.7 Å². The van der Waals surface area contributed by atoms with Gasteiger partial charge >= 0.3 is 5.97 Å². The van der Waals surface area contributed by atoms with E-state index in [1.165, 1.54) is 0 Å². The van der Waals surface area contributed by atoms with Crippen LogP contribution in [0.15, 0.2) is 47.0 Å². The average Bonchev–Trinajstić information content (AvgIpc) is 3.25. The van der Waals surface area contributed by atoms with Gasteiger partial charge in [-0.15, -0.1) is 0 Å². The van der Waals surface area contributed by atoms with E-state index >= 15 is 0 Å². The third-order valence-corrected chi connectivity index (χ3v) is 4.62. The number of carbonyl (C=O) groups is 2. The van der Waals surface area contributed by atoms with Crippen molar-refractivity contribution >= 4 is 11.8 Å². The molecule has 3 aromatic rings. The Bertz CT molecular complexity index is 1030. The summed E-state index contributed by atoms with van der Waals surface area (Å²) in [6.07, 6.45) is 1.20. The van der Waals surface area contributed by atoms with Gasteiger partial charge in [0.2, 0.25) is 0 Å². The Labute approximate surface area is 155 Å². The van der Waals surface area contributed by atoms with Crippen molar-refractivity contribution in [3.8, 4) is 16.9 Å². The summed E-state index contributed by atoms with van der Waals surface area (Å²) < 4.78 is 11.0. The summed E-state index contributed by atoms with van der Waals surface area (Å²) in [6, 6.07) is 12.1. The van der Waals surface area contributed by atoms with E-state index in [0.717, 1.165) is 16.7 Å². The van der Waals surface area contributed by atoms with Crippen LogP contribution in [0.4, 0.5) is 0 Å². The number of rotatable bonds is 5. The van der Waals surface area contributed by atoms with E-state index in [1.54, 1.807) is 43.3 Å². The quantitative estimate of drug-likeness (QED) is 0.735. The Hall–Kier alpha value is -3.41. The summed E-state index contributed by atoms with van der Waals surface area (Å²) >= 11 is 0. The van der Waals surface area contributed by atoms with Gasteiger partial charge in [0, 0.05) is 23.6 Å². The Balaban J connectivity index is 1.72. The van der Waals surface area contributed by atoms with Gasteiger partial charge in [0.05, 0.1) is 5.56 Å². The van der Waals surface area contributed by atoms with Crippen LogP contribution in [-0.2, 0) is 13.0 Å². The van der Waals surface area contributed by atoms with Gasteiger partial charge in [-0.1, -0.05) is 17.3 Å². The number of carboxylic acid groups (broad SMARTS) is 1. The first-order chi connectivity index (χ1) is 13.0. The number of nitrogens with zero attached hydrogens (tertiary/aromatic N) is 1. The monoisotopic (exact) mass is 363 g/mol. The van der Waals surface area contributed by atoms with Crippen LogP contribution in [0.5, 0.6) is 5.75 Å². The molecule has 0 radical (unpaired) electrons. The number of aromatic nitrogens is 1. The zero-order chi connectivity index (χ0) is 19.0. The topological polar surface area (TPSA) is 89.6 Å². The standard InChI is InChI=1S/C21H17NO5/c1-12-8-16(22-27-12)11-26-20-10-17-15(6-7-19(17)23)9-18(20)13-2-4-14(5-3-13)21(24)25/h2-5,8-10H,6-7,11H2,1H3,(H,24,25). The maximum absolute atomic E-state index is 12.1. The number of aryl methyl sites for hydroxylation is 2. The highest BCUT2D eigenvalue weighted by molar-refractivity contribution is 6.01. The molecule has 0 aliphatic heterocycles. The third-order valence-electron chi connectivity index (χ3n) is 4.62. The first-order valence-electron chi connectivity index (χ1n) is 8.60. The molecule has 1 aliphatic carbocycles. The number of Topliss-reactive ketones (excluding diaryl/α,β-unsaturated/α-hetero) is 1. The van der Waals surface area contributed by atoms with Gasteiger partial charge in [0.25, 0.3) is 0 Å². The maximum Gasteiger partial charge on any atom is 0.335 e. The summed E-state index contributed by atoms with van der Waals surface area (Å²) in [5.41, 5.74) is 4.20. The van der Waals surface area contributed by atoms with Crippen LogP contribution >= 0.6 is 0 Å². The van der Waals surface area contributed by atoms with Crippen molar-refractivity contribution in [1.82, 2.24) is 5.16 Å². The molecule has 136 valence electrons. The smallest absolute Gasteiger partial charge is 0.335 e. The van der Waals surface area contributed by atoms with Gasteiger partial charge in [0.1, 0.15) is 23.8 Å². The van der Waals surface area contributed by atoms with Gasteiger partial charge in [-0.25, -0.2) is 4.79 Å². The SMILES string of the molecule is Cc1cc(COc2cc3c(cc2-c2ccc(C(=O)O)cc2)CCC3=O)no1. The lowest BCUT2D eigenvalue weighted by Gasteiger charge is -2.13. The molecule has 4 rings (SSSR count). The van der Waals surface area contributed by atoms with Gasteiger partial charge < -0.3 is 14.4 Å². The molecule has 1 aliphatic rings. The molecule has 6 heteroatoms. The summed E-state index contributed by atoms with van der Waals surface area (Å²) in [6.45, 7) is 2.02. The van der Waals surface area contributed by atoms with Crippen LogP contribution in [0.1, 0.15) is 44.2 Å². The Kier molecular flexibility index (Phi) is 4.24. The summed E-state index contributed by atoms with van der Waals surface area (Å²) in [5.74, 6) is 0.397. The molecule has 0 amide bonds. The fourth-order valence-corrected chi connectivity index (χ4v) is 3.25. The molecule has 1 heterocycles. The lowest BCUT2D eigenvalue weighted by molar-refractivity contribution is 0.0696. The lowest BCUT2D eigenvalue weighted by atomic mass is 9.98. The molecular formula is C21H17NO5. The highest BCUT2D eigenvalue weighted by Crippen LogP contribution is 2.37. The summed E-state index contributed by atoms with van der Waals surface area (Å²) in [7, 11) is 0. The van der Waals surface area contributed by atoms with Crippen LogP contribution in [-0.4, -0.2) is 22.0 Å². The van der Waals surface area contributed by atoms with Crippen LogP contribution in [0.25, 0.3) is 11.1 Å². The molecule has 27 heavy (non-hydrogen) atoms. The van der Waals surface area contributed by atoms with Crippen molar-refractivity contribution in [3.05, 3.63) is 70.6 Å². The molecule has 0 fully saturated rings. The second-order valence-electron chi connectivity index (χ2n) is 6.53. The largest absolute Gasteiger partial charge is 0.486 e. The number of carbonyl (C=O) groups excluding carboxylic acids is 1. The summed E-state index contributed by atoms with van der Waals surface area (Å²) in [5, 5.41) is 13.0. The van der Waals surface area contributed by atoms with Crippen LogP contribution in [0.2, 0.25) is 0 Å². The molecule has 6 nitrogen and oxygen atoms in total. The zero-order valence-corrected chi connectivity index (χ0v) is 14.7. The Morgan fingerprint density at radius 1 is 1.15 bits per heavy atom. The number of fused-ring (bicyclic) bond motifs is 1. The van der Waals surface area contributed by atoms with Crippen LogP contribution in [0, 0.1) is 6.92 Å². The fourth-order valence-electron chi connectivity index (χ4n) is 3.25. The molecular weight excluding hydrogens is 346 g/mol. The summed E-state index contributed by atoms with van der Waals surface area (Å²) in [4.78, 5) is 23.2. The number of benzene rings is 2. The highest BCUT2D eigenvalue weighted by Gasteiger charge is 2.23. The van der Waals surface area contributed by atoms with E-state index < -0.39 is 5.97 Å². The molecule has 0 bridgehead atoms. The normalized spacial score (nSPS) is 12.9. The van der Waals surface area contributed by atoms with Crippen molar-refractivity contribution in [2.75, 3.05) is 0 Å². The third kappa shape index (κ3) is 3.33. The predicted octanol–water partition coefficient (Wildman–Crippen LogP) is 4.06. The van der Waals surface area contributed by atoms with Gasteiger partial charge in [-0.2, -0.15) is 0 Å². The molecule has 0 saturated heterocycles. The molecule has 1 aromatic heterocycles. The second kappa shape index (κ2) is 6.72. The van der Waals surface area contributed by atoms with E-state index in [2.05, 4.69) is 5.16 Å². The van der Waals surface area contributed by atoms with E-state index in [9.17, 15) is 9.59 Å². The number of aromatic carboxylic acids is 1. The van der Waals surface area contributed by atoms with Crippen molar-refractivity contribution in [2.24, 2.45) is 0 Å². The van der Waals surface area contributed by atoms with Gasteiger partial charge in [0.15, 0.2) is 5.78 Å². The molecule has 1 N–H and O–H groups in total. The number of hydrogen-bond donors (Lipinski definition) is 1. The second-order valence-corrected chi connectivity index (χ2v) is 6.53. The Morgan fingerprint density at radius 2 is 1.93 bits per heavy atom. The molecule has 0 spiro atoms. The van der Waals surface area contributed by atoms with Crippen molar-refractivity contribution in [2.45, 2.75) is 26.4 Å². The predicted molar refractivity (Wildman–Crippen MR) is 97.1 cm³/mol. The molecule has 0 atom stereocenters. The molecule has 2 aromatic carbocycles. The van der Waals surface area contributed by atoms with E-state index in [1.807, 2.05) is 6.07 Å². The number of ether oxygens (including phenoxy) is 1. The minimum Gasteiger partial charge on any atom is -0.486 e. The first-order valence-corrected chi connectivity index (χ1v) is 8.60. The number of ketones is 1. The first kappa shape index (κ1) is 17.0. The number of carboxylic acids is 1. The van der Waals surface area contributed by atoms with E-state index in [0.29, 0.717) is 35.6 Å². The van der Waals surface area contributed by atoms with Crippen molar-refractivity contribution in [1.29, 1.82) is 0 Å². The maximum atomic E-state index is 12.1. The van der Waals surface area contributed by atoms with Crippen LogP contribution < -0.4 is 4.74 Å². The molecule has 0 unspecified atom stereocenters. The Morgan fingerprint density at radius 3 is 2.59 bits per heavy atom. The number of hydrogen-bond acceptors (Lipinski definition) is 5. The minimum absolute atomic E-state index is 0.111. The highest BCUT2D eigenvalue weighted by atomic mass is 16.5. The average molecular weight is 363 g/mol. The zero-order valence-electron chi connectivity index (χ0n) is 14.7. The van der Waals surface area contributed by atoms with E-state index in [4.69, 9.17) is 14.4 Å². The van der Waals surface area contributed by atoms with Crippen LogP contribution in [0.3, 0.4) is 0 Å². The lowest BCUT2D eigenvalue weighted by Crippen LogP contribution is -2.01. The van der Waals surface area contributed by atoms with E-state index in [-0.39, 0.29) is 18.0 Å². The minimum atomic E-state index is -0.973. The fraction of sp³-hybridized carbons (Fsp3) is 0.190.